The van der Waals surface area contributed by atoms with Crippen LogP contribution in [0.1, 0.15) is 40.6 Å². The Labute approximate surface area is 145 Å². The molecule has 3 atom stereocenters. The van der Waals surface area contributed by atoms with Crippen LogP contribution in [0.3, 0.4) is 0 Å². The Morgan fingerprint density at radius 2 is 1.96 bits per heavy atom. The van der Waals surface area contributed by atoms with Crippen LogP contribution in [0, 0.1) is 5.92 Å². The Morgan fingerprint density at radius 3 is 2.64 bits per heavy atom. The molecule has 1 heterocycles. The summed E-state index contributed by atoms with van der Waals surface area (Å²) in [5.74, 6) is 0.172. The molecular formula is C19H18N2O4. The number of methoxy groups -OCH3 is 1. The van der Waals surface area contributed by atoms with Gasteiger partial charge in [0.25, 0.3) is 0 Å². The van der Waals surface area contributed by atoms with Gasteiger partial charge in [-0.15, -0.1) is 0 Å². The number of anilines is 1. The van der Waals surface area contributed by atoms with Crippen LogP contribution in [0.2, 0.25) is 0 Å². The lowest BCUT2D eigenvalue weighted by atomic mass is 9.90. The first-order chi connectivity index (χ1) is 12.1. The number of Topliss-reactive ketones (excluding diaryl/α,β-unsaturated/α-hetero) is 1. The van der Waals surface area contributed by atoms with Gasteiger partial charge in [-0.1, -0.05) is 24.3 Å². The van der Waals surface area contributed by atoms with Crippen molar-refractivity contribution in [1.82, 2.24) is 5.48 Å². The lowest BCUT2D eigenvalue weighted by Crippen LogP contribution is -2.23. The topological polar surface area (TPSA) is 76.7 Å². The van der Waals surface area contributed by atoms with E-state index in [0.29, 0.717) is 11.3 Å². The highest BCUT2D eigenvalue weighted by Gasteiger charge is 2.51. The van der Waals surface area contributed by atoms with Gasteiger partial charge in [0.05, 0.1) is 24.8 Å². The molecule has 0 unspecified atom stereocenters. The van der Waals surface area contributed by atoms with Gasteiger partial charge in [-0.25, -0.2) is 0 Å². The molecule has 128 valence electrons. The van der Waals surface area contributed by atoms with Crippen molar-refractivity contribution in [2.24, 2.45) is 5.92 Å². The zero-order valence-electron chi connectivity index (χ0n) is 13.9. The van der Waals surface area contributed by atoms with Crippen molar-refractivity contribution < 1.29 is 19.2 Å². The monoisotopic (exact) mass is 338 g/mol. The number of nitrogens with one attached hydrogen (secondary N) is 2. The summed E-state index contributed by atoms with van der Waals surface area (Å²) in [6.07, 6.45) is -0.358. The van der Waals surface area contributed by atoms with Gasteiger partial charge in [0.2, 0.25) is 5.91 Å². The third kappa shape index (κ3) is 2.50. The molecule has 6 nitrogen and oxygen atoms in total. The SMILES string of the molecule is COc1ccc([C@@H]2NO[C@@H]3c4cccc(NC(C)=O)c4C(=O)[C@@H]32)cc1. The predicted molar refractivity (Wildman–Crippen MR) is 91.3 cm³/mol. The number of hydroxylamine groups is 1. The maximum absolute atomic E-state index is 13.1. The summed E-state index contributed by atoms with van der Waals surface area (Å²) in [5.41, 5.74) is 5.85. The molecule has 1 amide bonds. The highest BCUT2D eigenvalue weighted by molar-refractivity contribution is 6.10. The number of fused-ring (bicyclic) bond motifs is 3. The second-order valence-electron chi connectivity index (χ2n) is 6.25. The average Bonchev–Trinajstić information content (AvgIpc) is 3.16. The normalized spacial score (nSPS) is 23.9. The Kier molecular flexibility index (Phi) is 3.78. The van der Waals surface area contributed by atoms with Crippen LogP contribution < -0.4 is 15.5 Å². The Bertz CT molecular complexity index is 847. The van der Waals surface area contributed by atoms with E-state index in [-0.39, 0.29) is 29.8 Å². The molecule has 1 aliphatic heterocycles. The van der Waals surface area contributed by atoms with Crippen molar-refractivity contribution in [3.8, 4) is 5.75 Å². The van der Waals surface area contributed by atoms with E-state index in [4.69, 9.17) is 9.57 Å². The third-order valence-corrected chi connectivity index (χ3v) is 4.75. The number of hydrogen-bond donors (Lipinski definition) is 2. The summed E-state index contributed by atoms with van der Waals surface area (Å²) in [6.45, 7) is 1.43. The Hall–Kier alpha value is -2.70. The summed E-state index contributed by atoms with van der Waals surface area (Å²) in [5, 5.41) is 2.74. The van der Waals surface area contributed by atoms with Crippen LogP contribution in [0.15, 0.2) is 42.5 Å². The summed E-state index contributed by atoms with van der Waals surface area (Å²) in [6, 6.07) is 12.8. The summed E-state index contributed by atoms with van der Waals surface area (Å²) < 4.78 is 5.18. The van der Waals surface area contributed by atoms with E-state index in [0.717, 1.165) is 16.9 Å². The standard InChI is InChI=1S/C19H18N2O4/c1-10(22)20-14-5-3-4-13-15(14)18(23)16-17(21-25-19(13)16)11-6-8-12(24-2)9-7-11/h3-9,16-17,19,21H,1-2H3,(H,20,22)/t16-,17-,19+/m0/s1. The summed E-state index contributed by atoms with van der Waals surface area (Å²) >= 11 is 0. The van der Waals surface area contributed by atoms with Crippen LogP contribution in [-0.2, 0) is 9.63 Å². The van der Waals surface area contributed by atoms with Gasteiger partial charge in [0.15, 0.2) is 5.78 Å². The number of benzene rings is 2. The van der Waals surface area contributed by atoms with E-state index < -0.39 is 0 Å². The first kappa shape index (κ1) is 15.8. The second kappa shape index (κ2) is 5.98. The molecule has 0 aromatic heterocycles. The van der Waals surface area contributed by atoms with Crippen molar-refractivity contribution in [1.29, 1.82) is 0 Å². The van der Waals surface area contributed by atoms with Crippen LogP contribution >= 0.6 is 0 Å². The van der Waals surface area contributed by atoms with Gasteiger partial charge in [0.1, 0.15) is 11.9 Å². The molecule has 0 spiro atoms. The molecule has 0 radical (unpaired) electrons. The molecule has 0 bridgehead atoms. The van der Waals surface area contributed by atoms with Gasteiger partial charge >= 0.3 is 0 Å². The minimum atomic E-state index is -0.363. The van der Waals surface area contributed by atoms with Gasteiger partial charge in [-0.2, -0.15) is 5.48 Å². The van der Waals surface area contributed by atoms with Crippen molar-refractivity contribution in [2.45, 2.75) is 19.1 Å². The second-order valence-corrected chi connectivity index (χ2v) is 6.25. The Morgan fingerprint density at radius 1 is 1.20 bits per heavy atom. The quantitative estimate of drug-likeness (QED) is 0.900. The molecule has 2 aromatic carbocycles. The number of rotatable bonds is 3. The fraction of sp³-hybridized carbons (Fsp3) is 0.263. The molecule has 25 heavy (non-hydrogen) atoms. The predicted octanol–water partition coefficient (Wildman–Crippen LogP) is 2.78. The highest BCUT2D eigenvalue weighted by Crippen LogP contribution is 2.50. The van der Waals surface area contributed by atoms with E-state index in [1.54, 1.807) is 13.2 Å². The third-order valence-electron chi connectivity index (χ3n) is 4.75. The van der Waals surface area contributed by atoms with E-state index >= 15 is 0 Å². The van der Waals surface area contributed by atoms with Crippen molar-refractivity contribution >= 4 is 17.4 Å². The van der Waals surface area contributed by atoms with Gasteiger partial charge in [-0.3, -0.25) is 14.4 Å². The molecule has 4 rings (SSSR count). The molecule has 1 saturated heterocycles. The number of ketones is 1. The molecule has 2 aromatic rings. The number of amides is 1. The lowest BCUT2D eigenvalue weighted by molar-refractivity contribution is -0.114. The van der Waals surface area contributed by atoms with Gasteiger partial charge in [-0.05, 0) is 29.3 Å². The van der Waals surface area contributed by atoms with Crippen LogP contribution in [0.25, 0.3) is 0 Å². The van der Waals surface area contributed by atoms with Crippen molar-refractivity contribution in [2.75, 3.05) is 12.4 Å². The number of hydrogen-bond acceptors (Lipinski definition) is 5. The smallest absolute Gasteiger partial charge is 0.221 e. The molecule has 2 N–H and O–H groups in total. The van der Waals surface area contributed by atoms with E-state index in [1.165, 1.54) is 6.92 Å². The zero-order valence-corrected chi connectivity index (χ0v) is 13.9. The van der Waals surface area contributed by atoms with Gasteiger partial charge < -0.3 is 10.1 Å². The number of ether oxygens (including phenoxy) is 1. The van der Waals surface area contributed by atoms with E-state index in [9.17, 15) is 9.59 Å². The highest BCUT2D eigenvalue weighted by atomic mass is 16.7. The Balaban J connectivity index is 1.70. The molecular weight excluding hydrogens is 320 g/mol. The molecule has 6 heteroatoms. The van der Waals surface area contributed by atoms with Crippen LogP contribution in [0.5, 0.6) is 5.75 Å². The maximum atomic E-state index is 13.1. The lowest BCUT2D eigenvalue weighted by Gasteiger charge is -2.16. The number of carbonyl (C=O) groups is 2. The molecule has 1 fully saturated rings. The van der Waals surface area contributed by atoms with Crippen molar-refractivity contribution in [3.05, 3.63) is 59.2 Å². The van der Waals surface area contributed by atoms with E-state index in [2.05, 4.69) is 10.8 Å². The fourth-order valence-corrected chi connectivity index (χ4v) is 3.64. The fourth-order valence-electron chi connectivity index (χ4n) is 3.64. The average molecular weight is 338 g/mol. The first-order valence-electron chi connectivity index (χ1n) is 8.10. The molecule has 0 saturated carbocycles. The number of carbonyl (C=O) groups excluding carboxylic acids is 2. The summed E-state index contributed by atoms with van der Waals surface area (Å²) in [4.78, 5) is 30.3. The minimum Gasteiger partial charge on any atom is -0.497 e. The summed E-state index contributed by atoms with van der Waals surface area (Å²) in [7, 11) is 1.61. The minimum absolute atomic E-state index is 0.0184. The maximum Gasteiger partial charge on any atom is 0.221 e. The van der Waals surface area contributed by atoms with Gasteiger partial charge in [0, 0.05) is 12.5 Å². The molecule has 1 aliphatic carbocycles. The zero-order chi connectivity index (χ0) is 17.6. The van der Waals surface area contributed by atoms with Crippen LogP contribution in [0.4, 0.5) is 5.69 Å². The van der Waals surface area contributed by atoms with E-state index in [1.807, 2.05) is 36.4 Å². The molecule has 2 aliphatic rings. The first-order valence-corrected chi connectivity index (χ1v) is 8.10. The largest absolute Gasteiger partial charge is 0.497 e. The van der Waals surface area contributed by atoms with Crippen LogP contribution in [-0.4, -0.2) is 18.8 Å². The van der Waals surface area contributed by atoms with Crippen molar-refractivity contribution in [3.63, 3.8) is 0 Å².